The van der Waals surface area contributed by atoms with Crippen LogP contribution in [0.4, 0.5) is 5.95 Å². The molecule has 0 aliphatic carbocycles. The van der Waals surface area contributed by atoms with Crippen molar-refractivity contribution in [3.05, 3.63) is 41.2 Å². The van der Waals surface area contributed by atoms with Crippen LogP contribution in [0.2, 0.25) is 0 Å². The maximum atomic E-state index is 12.4. The zero-order valence-corrected chi connectivity index (χ0v) is 17.9. The lowest BCUT2D eigenvalue weighted by molar-refractivity contribution is -0.134. The summed E-state index contributed by atoms with van der Waals surface area (Å²) in [5, 5.41) is 4.20. The van der Waals surface area contributed by atoms with Gasteiger partial charge in [-0.3, -0.25) is 4.79 Å². The maximum Gasteiger partial charge on any atom is 0.260 e. The third kappa shape index (κ3) is 6.17. The fourth-order valence-corrected chi connectivity index (χ4v) is 3.31. The first-order valence-electron chi connectivity index (χ1n) is 10.3. The molecule has 0 bridgehead atoms. The number of hydrogen-bond donors (Lipinski definition) is 1. The molecule has 0 radical (unpaired) electrons. The van der Waals surface area contributed by atoms with Crippen molar-refractivity contribution in [2.75, 3.05) is 31.7 Å². The van der Waals surface area contributed by atoms with E-state index in [9.17, 15) is 4.79 Å². The lowest BCUT2D eigenvalue weighted by Crippen LogP contribution is -2.38. The zero-order valence-electron chi connectivity index (χ0n) is 17.9. The van der Waals surface area contributed by atoms with Crippen LogP contribution in [0.25, 0.3) is 0 Å². The van der Waals surface area contributed by atoms with Crippen molar-refractivity contribution in [3.63, 3.8) is 0 Å². The van der Waals surface area contributed by atoms with E-state index in [4.69, 9.17) is 9.47 Å². The van der Waals surface area contributed by atoms with Crippen LogP contribution in [-0.2, 0) is 4.79 Å². The minimum atomic E-state index is 0.0130. The highest BCUT2D eigenvalue weighted by Crippen LogP contribution is 2.28. The van der Waals surface area contributed by atoms with Crippen molar-refractivity contribution in [3.8, 4) is 11.5 Å². The molecule has 3 rings (SSSR count). The number of aromatic nitrogens is 2. The summed E-state index contributed by atoms with van der Waals surface area (Å²) in [6, 6.07) is 7.38. The van der Waals surface area contributed by atoms with Crippen molar-refractivity contribution < 1.29 is 14.3 Å². The molecule has 2 heterocycles. The number of ether oxygens (including phenoxy) is 2. The molecule has 0 spiro atoms. The zero-order chi connectivity index (χ0) is 21.3. The molecular formula is C22H29N5O3. The Hall–Kier alpha value is -3.16. The topological polar surface area (TPSA) is 88.9 Å². The van der Waals surface area contributed by atoms with Gasteiger partial charge in [0.1, 0.15) is 0 Å². The average molecular weight is 412 g/mol. The van der Waals surface area contributed by atoms with Gasteiger partial charge in [0.15, 0.2) is 18.1 Å². The smallest absolute Gasteiger partial charge is 0.260 e. The quantitative estimate of drug-likeness (QED) is 0.529. The molecule has 1 saturated heterocycles. The predicted molar refractivity (Wildman–Crippen MR) is 116 cm³/mol. The molecule has 30 heavy (non-hydrogen) atoms. The summed E-state index contributed by atoms with van der Waals surface area (Å²) in [5.74, 6) is 1.59. The largest absolute Gasteiger partial charge is 0.490 e. The number of hydrogen-bond acceptors (Lipinski definition) is 7. The van der Waals surface area contributed by atoms with Gasteiger partial charge in [-0.15, -0.1) is 0 Å². The van der Waals surface area contributed by atoms with E-state index in [1.165, 1.54) is 6.42 Å². The van der Waals surface area contributed by atoms with Crippen LogP contribution in [0, 0.1) is 13.8 Å². The van der Waals surface area contributed by atoms with Crippen LogP contribution in [-0.4, -0.2) is 53.3 Å². The van der Waals surface area contributed by atoms with Gasteiger partial charge >= 0.3 is 0 Å². The number of anilines is 1. The Kier molecular flexibility index (Phi) is 7.59. The van der Waals surface area contributed by atoms with Crippen LogP contribution in [0.5, 0.6) is 11.5 Å². The molecule has 1 aromatic heterocycles. The summed E-state index contributed by atoms with van der Waals surface area (Å²) in [6.07, 6.45) is 4.97. The fraction of sp³-hybridized carbons (Fsp3) is 0.455. The van der Waals surface area contributed by atoms with Crippen LogP contribution in [0.15, 0.2) is 29.4 Å². The van der Waals surface area contributed by atoms with E-state index in [-0.39, 0.29) is 12.5 Å². The monoisotopic (exact) mass is 411 g/mol. The van der Waals surface area contributed by atoms with Crippen molar-refractivity contribution in [1.82, 2.24) is 14.9 Å². The molecule has 0 atom stereocenters. The van der Waals surface area contributed by atoms with Gasteiger partial charge in [-0.05, 0) is 69.9 Å². The summed E-state index contributed by atoms with van der Waals surface area (Å²) in [4.78, 5) is 22.8. The van der Waals surface area contributed by atoms with Crippen molar-refractivity contribution in [1.29, 1.82) is 0 Å². The van der Waals surface area contributed by atoms with Gasteiger partial charge < -0.3 is 14.4 Å². The van der Waals surface area contributed by atoms with Gasteiger partial charge in [0.05, 0.1) is 12.8 Å². The third-order valence-electron chi connectivity index (χ3n) is 4.69. The number of benzene rings is 1. The van der Waals surface area contributed by atoms with Gasteiger partial charge in [0.2, 0.25) is 5.95 Å². The lowest BCUT2D eigenvalue weighted by atomic mass is 10.1. The summed E-state index contributed by atoms with van der Waals surface area (Å²) >= 11 is 0. The van der Waals surface area contributed by atoms with Gasteiger partial charge in [0.25, 0.3) is 5.91 Å². The average Bonchev–Trinajstić information content (AvgIpc) is 2.73. The SMILES string of the molecule is CCOc1cc(/C=N\Nc2nc(C)cc(C)n2)ccc1OCC(=O)N1CCCCC1. The fourth-order valence-electron chi connectivity index (χ4n) is 3.31. The van der Waals surface area contributed by atoms with E-state index in [1.807, 2.05) is 43.9 Å². The highest BCUT2D eigenvalue weighted by atomic mass is 16.5. The van der Waals surface area contributed by atoms with Crippen molar-refractivity contribution >= 4 is 18.1 Å². The highest BCUT2D eigenvalue weighted by molar-refractivity contribution is 5.81. The van der Waals surface area contributed by atoms with E-state index in [2.05, 4.69) is 20.5 Å². The van der Waals surface area contributed by atoms with Crippen LogP contribution < -0.4 is 14.9 Å². The first-order valence-corrected chi connectivity index (χ1v) is 10.3. The van der Waals surface area contributed by atoms with Crippen molar-refractivity contribution in [2.24, 2.45) is 5.10 Å². The Morgan fingerprint density at radius 1 is 1.10 bits per heavy atom. The Balaban J connectivity index is 1.62. The number of aryl methyl sites for hydroxylation is 2. The molecule has 2 aromatic rings. The molecule has 1 amide bonds. The van der Waals surface area contributed by atoms with Gasteiger partial charge in [0, 0.05) is 24.5 Å². The lowest BCUT2D eigenvalue weighted by Gasteiger charge is -2.26. The Morgan fingerprint density at radius 3 is 2.53 bits per heavy atom. The van der Waals surface area contributed by atoms with Crippen LogP contribution >= 0.6 is 0 Å². The summed E-state index contributed by atoms with van der Waals surface area (Å²) in [6.45, 7) is 7.85. The maximum absolute atomic E-state index is 12.4. The van der Waals surface area contributed by atoms with E-state index < -0.39 is 0 Å². The van der Waals surface area contributed by atoms with Gasteiger partial charge in [-0.2, -0.15) is 5.10 Å². The van der Waals surface area contributed by atoms with E-state index in [0.29, 0.717) is 24.1 Å². The first-order chi connectivity index (χ1) is 14.5. The number of piperidine rings is 1. The second-order valence-electron chi connectivity index (χ2n) is 7.21. The molecule has 0 unspecified atom stereocenters. The molecule has 1 aromatic carbocycles. The number of rotatable bonds is 8. The number of nitrogens with one attached hydrogen (secondary N) is 1. The van der Waals surface area contributed by atoms with E-state index in [1.54, 1.807) is 12.3 Å². The Labute approximate surface area is 177 Å². The Bertz CT molecular complexity index is 874. The number of nitrogens with zero attached hydrogens (tertiary/aromatic N) is 4. The molecule has 1 aliphatic rings. The molecule has 1 N–H and O–H groups in total. The van der Waals surface area contributed by atoms with Crippen molar-refractivity contribution in [2.45, 2.75) is 40.0 Å². The molecule has 1 aliphatic heterocycles. The van der Waals surface area contributed by atoms with E-state index in [0.717, 1.165) is 42.9 Å². The van der Waals surface area contributed by atoms with Gasteiger partial charge in [-0.1, -0.05) is 0 Å². The number of carbonyl (C=O) groups is 1. The van der Waals surface area contributed by atoms with Crippen LogP contribution in [0.1, 0.15) is 43.1 Å². The van der Waals surface area contributed by atoms with Crippen LogP contribution in [0.3, 0.4) is 0 Å². The summed E-state index contributed by atoms with van der Waals surface area (Å²) in [7, 11) is 0. The number of amides is 1. The molecule has 160 valence electrons. The minimum absolute atomic E-state index is 0.0130. The predicted octanol–water partition coefficient (Wildman–Crippen LogP) is 3.33. The molecular weight excluding hydrogens is 382 g/mol. The molecule has 0 saturated carbocycles. The molecule has 1 fully saturated rings. The minimum Gasteiger partial charge on any atom is -0.490 e. The van der Waals surface area contributed by atoms with E-state index >= 15 is 0 Å². The normalized spacial score (nSPS) is 14.0. The van der Waals surface area contributed by atoms with Gasteiger partial charge in [-0.25, -0.2) is 15.4 Å². The third-order valence-corrected chi connectivity index (χ3v) is 4.69. The number of likely N-dealkylation sites (tertiary alicyclic amines) is 1. The first kappa shape index (κ1) is 21.5. The summed E-state index contributed by atoms with van der Waals surface area (Å²) in [5.41, 5.74) is 5.42. The standard InChI is InChI=1S/C22H29N5O3/c1-4-29-20-13-18(14-23-26-22-24-16(2)12-17(3)25-22)8-9-19(20)30-15-21(28)27-10-6-5-7-11-27/h8-9,12-14H,4-7,10-11,15H2,1-3H3,(H,24,25,26)/b23-14-. The molecule has 8 nitrogen and oxygen atoms in total. The highest BCUT2D eigenvalue weighted by Gasteiger charge is 2.17. The second-order valence-corrected chi connectivity index (χ2v) is 7.21. The Morgan fingerprint density at radius 2 is 1.83 bits per heavy atom. The number of hydrazone groups is 1. The number of carbonyl (C=O) groups excluding carboxylic acids is 1. The second kappa shape index (κ2) is 10.6. The molecule has 8 heteroatoms. The summed E-state index contributed by atoms with van der Waals surface area (Å²) < 4.78 is 11.5.